The summed E-state index contributed by atoms with van der Waals surface area (Å²) in [4.78, 5) is 0. The molecule has 7 heteroatoms. The molecular formula is C14H18Cl3NO2S. The van der Waals surface area contributed by atoms with E-state index in [0.29, 0.717) is 35.3 Å². The van der Waals surface area contributed by atoms with Crippen molar-refractivity contribution in [2.45, 2.75) is 38.3 Å². The second kappa shape index (κ2) is 7.51. The van der Waals surface area contributed by atoms with Crippen LogP contribution in [-0.4, -0.2) is 30.4 Å². The van der Waals surface area contributed by atoms with Crippen LogP contribution in [0.1, 0.15) is 31.2 Å². The molecule has 118 valence electrons. The number of hydrogen-bond acceptors (Lipinski definition) is 2. The van der Waals surface area contributed by atoms with Crippen molar-refractivity contribution in [3.63, 3.8) is 0 Å². The summed E-state index contributed by atoms with van der Waals surface area (Å²) in [6.07, 6.45) is 3.16. The predicted octanol–water partition coefficient (Wildman–Crippen LogP) is 4.31. The lowest BCUT2D eigenvalue weighted by molar-refractivity contribution is 0.398. The molecule has 0 spiro atoms. The van der Waals surface area contributed by atoms with Crippen LogP contribution in [0.25, 0.3) is 0 Å². The third-order valence-corrected chi connectivity index (χ3v) is 6.37. The fourth-order valence-electron chi connectivity index (χ4n) is 2.13. The predicted molar refractivity (Wildman–Crippen MR) is 88.8 cm³/mol. The van der Waals surface area contributed by atoms with Crippen molar-refractivity contribution in [2.24, 2.45) is 0 Å². The van der Waals surface area contributed by atoms with Gasteiger partial charge in [-0.2, -0.15) is 4.31 Å². The van der Waals surface area contributed by atoms with Crippen LogP contribution in [0.4, 0.5) is 0 Å². The molecule has 0 aromatic heterocycles. The first-order valence-electron chi connectivity index (χ1n) is 6.93. The first-order valence-corrected chi connectivity index (χ1v) is 9.83. The standard InChI is InChI=1S/C14H18Cl3NO2S/c15-7-1-2-8-21(19,20)18(12-4-5-12)10-11-3-6-13(16)14(17)9-11/h3,6,9,12H,1-2,4-5,7-8,10H2. The van der Waals surface area contributed by atoms with Gasteiger partial charge < -0.3 is 0 Å². The Labute approximate surface area is 141 Å². The molecule has 0 atom stereocenters. The monoisotopic (exact) mass is 369 g/mol. The number of halogens is 3. The second-order valence-electron chi connectivity index (χ2n) is 5.24. The molecule has 3 nitrogen and oxygen atoms in total. The minimum atomic E-state index is -3.25. The summed E-state index contributed by atoms with van der Waals surface area (Å²) in [5.74, 6) is 0.642. The Kier molecular flexibility index (Phi) is 6.21. The van der Waals surface area contributed by atoms with E-state index in [4.69, 9.17) is 34.8 Å². The molecule has 0 amide bonds. The number of alkyl halides is 1. The van der Waals surface area contributed by atoms with Crippen LogP contribution < -0.4 is 0 Å². The molecular weight excluding hydrogens is 353 g/mol. The average molecular weight is 371 g/mol. The number of benzene rings is 1. The maximum absolute atomic E-state index is 12.5. The number of nitrogens with zero attached hydrogens (tertiary/aromatic N) is 1. The number of sulfonamides is 1. The molecule has 0 bridgehead atoms. The Balaban J connectivity index is 2.10. The van der Waals surface area contributed by atoms with Crippen LogP contribution in [0.3, 0.4) is 0 Å². The van der Waals surface area contributed by atoms with Gasteiger partial charge >= 0.3 is 0 Å². The first-order chi connectivity index (χ1) is 9.94. The van der Waals surface area contributed by atoms with E-state index < -0.39 is 10.0 Å². The largest absolute Gasteiger partial charge is 0.214 e. The van der Waals surface area contributed by atoms with Gasteiger partial charge in [-0.1, -0.05) is 29.3 Å². The topological polar surface area (TPSA) is 37.4 Å². The maximum Gasteiger partial charge on any atom is 0.214 e. The highest BCUT2D eigenvalue weighted by Gasteiger charge is 2.36. The van der Waals surface area contributed by atoms with Gasteiger partial charge in [-0.15, -0.1) is 11.6 Å². The van der Waals surface area contributed by atoms with Crippen LogP contribution in [0.5, 0.6) is 0 Å². The van der Waals surface area contributed by atoms with Crippen molar-refractivity contribution < 1.29 is 8.42 Å². The first kappa shape index (κ1) is 17.4. The van der Waals surface area contributed by atoms with Gasteiger partial charge in [-0.3, -0.25) is 0 Å². The minimum Gasteiger partial charge on any atom is -0.212 e. The Morgan fingerprint density at radius 1 is 1.14 bits per heavy atom. The van der Waals surface area contributed by atoms with Gasteiger partial charge in [0.05, 0.1) is 15.8 Å². The fourth-order valence-corrected chi connectivity index (χ4v) is 4.46. The van der Waals surface area contributed by atoms with Crippen molar-refractivity contribution in [1.29, 1.82) is 0 Å². The quantitative estimate of drug-likeness (QED) is 0.505. The van der Waals surface area contributed by atoms with E-state index in [9.17, 15) is 8.42 Å². The summed E-state index contributed by atoms with van der Waals surface area (Å²) >= 11 is 17.5. The van der Waals surface area contributed by atoms with Gasteiger partial charge in [0.25, 0.3) is 0 Å². The van der Waals surface area contributed by atoms with Crippen LogP contribution in [0, 0.1) is 0 Å². The average Bonchev–Trinajstić information content (AvgIpc) is 3.24. The highest BCUT2D eigenvalue weighted by Crippen LogP contribution is 2.32. The Morgan fingerprint density at radius 3 is 2.43 bits per heavy atom. The lowest BCUT2D eigenvalue weighted by atomic mass is 10.2. The molecule has 0 N–H and O–H groups in total. The fraction of sp³-hybridized carbons (Fsp3) is 0.571. The van der Waals surface area contributed by atoms with Gasteiger partial charge in [-0.25, -0.2) is 8.42 Å². The molecule has 2 rings (SSSR count). The van der Waals surface area contributed by atoms with E-state index in [0.717, 1.165) is 18.4 Å². The summed E-state index contributed by atoms with van der Waals surface area (Å²) in [5, 5.41) is 0.924. The van der Waals surface area contributed by atoms with E-state index in [1.54, 1.807) is 16.4 Å². The molecule has 0 saturated heterocycles. The van der Waals surface area contributed by atoms with E-state index in [-0.39, 0.29) is 11.8 Å². The van der Waals surface area contributed by atoms with Gasteiger partial charge in [0, 0.05) is 18.5 Å². The van der Waals surface area contributed by atoms with E-state index >= 15 is 0 Å². The molecule has 21 heavy (non-hydrogen) atoms. The zero-order chi connectivity index (χ0) is 15.5. The zero-order valence-corrected chi connectivity index (χ0v) is 14.6. The lowest BCUT2D eigenvalue weighted by Crippen LogP contribution is -2.34. The molecule has 0 radical (unpaired) electrons. The summed E-state index contributed by atoms with van der Waals surface area (Å²) in [7, 11) is -3.25. The smallest absolute Gasteiger partial charge is 0.212 e. The maximum atomic E-state index is 12.5. The van der Waals surface area contributed by atoms with Crippen molar-refractivity contribution in [1.82, 2.24) is 4.31 Å². The van der Waals surface area contributed by atoms with Crippen molar-refractivity contribution in [3.05, 3.63) is 33.8 Å². The Morgan fingerprint density at radius 2 is 1.86 bits per heavy atom. The van der Waals surface area contributed by atoms with E-state index in [1.165, 1.54) is 0 Å². The van der Waals surface area contributed by atoms with Crippen LogP contribution in [0.15, 0.2) is 18.2 Å². The molecule has 1 aliphatic rings. The molecule has 1 aliphatic carbocycles. The normalized spacial score (nSPS) is 15.6. The van der Waals surface area contributed by atoms with E-state index in [2.05, 4.69) is 0 Å². The third-order valence-electron chi connectivity index (χ3n) is 3.42. The lowest BCUT2D eigenvalue weighted by Gasteiger charge is -2.22. The number of rotatable bonds is 8. The summed E-state index contributed by atoms with van der Waals surface area (Å²) < 4.78 is 26.5. The van der Waals surface area contributed by atoms with Gasteiger partial charge in [0.1, 0.15) is 0 Å². The molecule has 1 aromatic rings. The molecule has 0 unspecified atom stereocenters. The molecule has 0 aliphatic heterocycles. The zero-order valence-electron chi connectivity index (χ0n) is 11.6. The van der Waals surface area contributed by atoms with Crippen LogP contribution in [-0.2, 0) is 16.6 Å². The van der Waals surface area contributed by atoms with Gasteiger partial charge in [0.2, 0.25) is 10.0 Å². The Bertz CT molecular complexity index is 588. The van der Waals surface area contributed by atoms with Crippen molar-refractivity contribution >= 4 is 44.8 Å². The van der Waals surface area contributed by atoms with Crippen molar-refractivity contribution in [2.75, 3.05) is 11.6 Å². The van der Waals surface area contributed by atoms with Gasteiger partial charge in [-0.05, 0) is 43.4 Å². The van der Waals surface area contributed by atoms with Gasteiger partial charge in [0.15, 0.2) is 0 Å². The molecule has 1 fully saturated rings. The summed E-state index contributed by atoms with van der Waals surface area (Å²) in [5.41, 5.74) is 0.859. The third kappa shape index (κ3) is 5.00. The molecule has 1 saturated carbocycles. The summed E-state index contributed by atoms with van der Waals surface area (Å²) in [6, 6.07) is 5.37. The van der Waals surface area contributed by atoms with Crippen LogP contribution >= 0.6 is 34.8 Å². The van der Waals surface area contributed by atoms with Crippen molar-refractivity contribution in [3.8, 4) is 0 Å². The SMILES string of the molecule is O=S(=O)(CCCCCl)N(Cc1ccc(Cl)c(Cl)c1)C1CC1. The second-order valence-corrected chi connectivity index (χ2v) is 8.47. The van der Waals surface area contributed by atoms with E-state index in [1.807, 2.05) is 6.07 Å². The number of unbranched alkanes of at least 4 members (excludes halogenated alkanes) is 1. The molecule has 0 heterocycles. The summed E-state index contributed by atoms with van der Waals surface area (Å²) in [6.45, 7) is 0.352. The van der Waals surface area contributed by atoms with Crippen LogP contribution in [0.2, 0.25) is 10.0 Å². The number of hydrogen-bond donors (Lipinski definition) is 0. The highest BCUT2D eigenvalue weighted by atomic mass is 35.5. The Hall–Kier alpha value is -0.000000000000000111. The highest BCUT2D eigenvalue weighted by molar-refractivity contribution is 7.89. The molecule has 1 aromatic carbocycles. The minimum absolute atomic E-state index is 0.125.